The number of aromatic amines is 1. The molecule has 4 aromatic rings. The summed E-state index contributed by atoms with van der Waals surface area (Å²) in [5.74, 6) is -1.74. The molecule has 0 saturated carbocycles. The van der Waals surface area contributed by atoms with Crippen molar-refractivity contribution in [2.24, 2.45) is 0 Å². The van der Waals surface area contributed by atoms with Crippen LogP contribution in [0.3, 0.4) is 0 Å². The number of halogens is 1. The first kappa shape index (κ1) is 24.2. The van der Waals surface area contributed by atoms with E-state index in [9.17, 15) is 19.5 Å². The number of nitrogens with zero attached hydrogens (tertiary/aromatic N) is 4. The zero-order valence-corrected chi connectivity index (χ0v) is 21.1. The number of anilines is 3. The monoisotopic (exact) mass is 537 g/mol. The number of hydrogen-bond donors (Lipinski definition) is 4. The van der Waals surface area contributed by atoms with E-state index in [0.717, 1.165) is 11.6 Å². The highest BCUT2D eigenvalue weighted by Crippen LogP contribution is 2.46. The second-order valence-corrected chi connectivity index (χ2v) is 10.7. The minimum absolute atomic E-state index is 0.0610. The molecular weight excluding hydrogens is 513 g/mol. The molecule has 196 valence electrons. The molecule has 0 spiro atoms. The molecular formula is C25H24FN7O4S. The molecule has 0 bridgehead atoms. The summed E-state index contributed by atoms with van der Waals surface area (Å²) in [4.78, 5) is 48.1. The van der Waals surface area contributed by atoms with E-state index < -0.39 is 17.2 Å². The maximum absolute atomic E-state index is 15.2. The lowest BCUT2D eigenvalue weighted by Gasteiger charge is -2.37. The van der Waals surface area contributed by atoms with Crippen LogP contribution >= 0.6 is 11.8 Å². The number of H-pyrrole nitrogens is 1. The molecule has 0 aliphatic carbocycles. The Balaban J connectivity index is 1.16. The maximum atomic E-state index is 15.2. The highest BCUT2D eigenvalue weighted by atomic mass is 32.2. The maximum Gasteiger partial charge on any atom is 0.342 e. The predicted octanol–water partition coefficient (Wildman–Crippen LogP) is 2.68. The molecule has 38 heavy (non-hydrogen) atoms. The normalized spacial score (nSPS) is 17.4. The van der Waals surface area contributed by atoms with E-state index in [1.54, 1.807) is 28.8 Å². The second-order valence-electron chi connectivity index (χ2n) is 9.39. The molecule has 0 radical (unpaired) electrons. The van der Waals surface area contributed by atoms with Crippen molar-refractivity contribution >= 4 is 62.9 Å². The summed E-state index contributed by atoms with van der Waals surface area (Å²) < 4.78 is 17.0. The molecule has 2 aliphatic rings. The lowest BCUT2D eigenvalue weighted by Crippen LogP contribution is -2.49. The number of carboxylic acids is 1. The van der Waals surface area contributed by atoms with Gasteiger partial charge in [-0.05, 0) is 37.3 Å². The van der Waals surface area contributed by atoms with Gasteiger partial charge in [0.25, 0.3) is 0 Å². The lowest BCUT2D eigenvalue weighted by atomic mass is 10.1. The van der Waals surface area contributed by atoms with Crippen LogP contribution in [0.5, 0.6) is 0 Å². The van der Waals surface area contributed by atoms with Gasteiger partial charge in [0.2, 0.25) is 11.3 Å². The highest BCUT2D eigenvalue weighted by Gasteiger charge is 2.33. The van der Waals surface area contributed by atoms with E-state index in [1.165, 1.54) is 11.8 Å². The number of carbonyl (C=O) groups is 2. The molecule has 1 amide bonds. The number of nitrogen functional groups attached to an aromatic ring is 1. The van der Waals surface area contributed by atoms with Crippen LogP contribution in [0.2, 0.25) is 0 Å². The van der Waals surface area contributed by atoms with Gasteiger partial charge in [-0.2, -0.15) is 0 Å². The Kier molecular flexibility index (Phi) is 5.76. The van der Waals surface area contributed by atoms with Gasteiger partial charge in [-0.1, -0.05) is 11.8 Å². The molecule has 11 nitrogen and oxygen atoms in total. The van der Waals surface area contributed by atoms with Crippen molar-refractivity contribution in [3.05, 3.63) is 51.9 Å². The van der Waals surface area contributed by atoms with Crippen LogP contribution < -0.4 is 21.4 Å². The summed E-state index contributed by atoms with van der Waals surface area (Å²) in [6, 6.07) is 8.10. The first-order valence-corrected chi connectivity index (χ1v) is 12.9. The number of rotatable bonds is 5. The molecule has 2 aromatic carbocycles. The zero-order chi connectivity index (χ0) is 26.7. The van der Waals surface area contributed by atoms with Gasteiger partial charge in [0, 0.05) is 37.3 Å². The third-order valence-electron chi connectivity index (χ3n) is 6.95. The Hall–Kier alpha value is -4.10. The number of piperazine rings is 1. The fraction of sp³-hybridized carbons (Fsp3) is 0.280. The highest BCUT2D eigenvalue weighted by molar-refractivity contribution is 8.00. The SMILES string of the molecule is CC1Sc2c(C(=O)O)c(=O)c3cc(F)c(N4CCN(CC(=O)Nc5ccc6nc(N)[nH]c6c5)CC4)cc3n21. The Morgan fingerprint density at radius 3 is 2.71 bits per heavy atom. The first-order valence-electron chi connectivity index (χ1n) is 12.0. The number of nitrogens with two attached hydrogens (primary N) is 1. The number of carbonyl (C=O) groups excluding carboxylic acids is 1. The third-order valence-corrected chi connectivity index (χ3v) is 8.13. The Morgan fingerprint density at radius 1 is 1.24 bits per heavy atom. The van der Waals surface area contributed by atoms with Crippen LogP contribution in [0.1, 0.15) is 22.7 Å². The number of benzene rings is 2. The number of carboxylic acid groups (broad SMARTS) is 1. The molecule has 4 heterocycles. The van der Waals surface area contributed by atoms with Crippen molar-refractivity contribution < 1.29 is 19.1 Å². The first-order chi connectivity index (χ1) is 18.2. The fourth-order valence-electron chi connectivity index (χ4n) is 5.12. The van der Waals surface area contributed by atoms with Gasteiger partial charge in [-0.3, -0.25) is 14.5 Å². The van der Waals surface area contributed by atoms with E-state index in [-0.39, 0.29) is 28.8 Å². The van der Waals surface area contributed by atoms with E-state index in [1.807, 2.05) is 16.7 Å². The van der Waals surface area contributed by atoms with Crippen molar-refractivity contribution in [2.45, 2.75) is 17.3 Å². The Morgan fingerprint density at radius 2 is 2.00 bits per heavy atom. The number of aromatic carboxylic acids is 1. The molecule has 1 fully saturated rings. The molecule has 6 rings (SSSR count). The second kappa shape index (κ2) is 9.03. The third kappa shape index (κ3) is 4.03. The molecule has 2 aromatic heterocycles. The van der Waals surface area contributed by atoms with Crippen molar-refractivity contribution in [3.8, 4) is 0 Å². The van der Waals surface area contributed by atoms with E-state index in [2.05, 4.69) is 15.3 Å². The summed E-state index contributed by atoms with van der Waals surface area (Å²) in [5, 5.41) is 12.8. The van der Waals surface area contributed by atoms with Gasteiger partial charge in [0.15, 0.2) is 5.95 Å². The number of thioether (sulfide) groups is 1. The summed E-state index contributed by atoms with van der Waals surface area (Å²) in [5.41, 5.74) is 7.65. The molecule has 13 heteroatoms. The van der Waals surface area contributed by atoms with Crippen LogP contribution in [0.25, 0.3) is 21.9 Å². The van der Waals surface area contributed by atoms with Gasteiger partial charge >= 0.3 is 5.97 Å². The largest absolute Gasteiger partial charge is 0.477 e. The summed E-state index contributed by atoms with van der Waals surface area (Å²) >= 11 is 1.31. The Labute approximate surface area is 219 Å². The van der Waals surface area contributed by atoms with Gasteiger partial charge in [0.05, 0.1) is 39.2 Å². The number of aromatic nitrogens is 3. The van der Waals surface area contributed by atoms with Crippen molar-refractivity contribution in [1.82, 2.24) is 19.4 Å². The van der Waals surface area contributed by atoms with Crippen molar-refractivity contribution in [1.29, 1.82) is 0 Å². The Bertz CT molecular complexity index is 1690. The molecule has 1 unspecified atom stereocenters. The topological polar surface area (TPSA) is 150 Å². The quantitative estimate of drug-likeness (QED) is 0.301. The van der Waals surface area contributed by atoms with Crippen molar-refractivity contribution in [2.75, 3.05) is 48.7 Å². The average Bonchev–Trinajstić information content (AvgIpc) is 3.23. The lowest BCUT2D eigenvalue weighted by molar-refractivity contribution is -0.117. The predicted molar refractivity (Wildman–Crippen MR) is 143 cm³/mol. The zero-order valence-electron chi connectivity index (χ0n) is 20.3. The van der Waals surface area contributed by atoms with Gasteiger partial charge in [-0.25, -0.2) is 14.2 Å². The summed E-state index contributed by atoms with van der Waals surface area (Å²) in [6.07, 6.45) is 0. The van der Waals surface area contributed by atoms with Gasteiger partial charge in [-0.15, -0.1) is 0 Å². The minimum Gasteiger partial charge on any atom is -0.477 e. The van der Waals surface area contributed by atoms with Crippen LogP contribution in [-0.4, -0.2) is 69.1 Å². The van der Waals surface area contributed by atoms with Crippen LogP contribution in [0.15, 0.2) is 40.2 Å². The van der Waals surface area contributed by atoms with E-state index >= 15 is 4.39 Å². The average molecular weight is 538 g/mol. The molecule has 1 atom stereocenters. The number of hydrogen-bond acceptors (Lipinski definition) is 8. The van der Waals surface area contributed by atoms with Crippen LogP contribution in [0.4, 0.5) is 21.7 Å². The van der Waals surface area contributed by atoms with Gasteiger partial charge in [0.1, 0.15) is 11.4 Å². The number of fused-ring (bicyclic) bond motifs is 4. The fourth-order valence-corrected chi connectivity index (χ4v) is 6.28. The molecule has 2 aliphatic heterocycles. The van der Waals surface area contributed by atoms with Crippen molar-refractivity contribution in [3.63, 3.8) is 0 Å². The number of nitrogens with one attached hydrogen (secondary N) is 2. The standard InChI is InChI=1S/C25H24FN7O4S/c1-12-33-18-10-19(15(26)9-14(18)22(35)21(24(36)37)23(33)38-12)32-6-4-31(5-7-32)11-20(34)28-13-2-3-16-17(8-13)30-25(27)29-16/h2-3,8-10,12H,4-7,11H2,1H3,(H,28,34)(H,36,37)(H3,27,29,30). The number of amides is 1. The molecule has 1 saturated heterocycles. The minimum atomic E-state index is -1.31. The smallest absolute Gasteiger partial charge is 0.342 e. The van der Waals surface area contributed by atoms with Crippen LogP contribution in [0, 0.1) is 5.82 Å². The van der Waals surface area contributed by atoms with E-state index in [4.69, 9.17) is 5.73 Å². The van der Waals surface area contributed by atoms with Crippen LogP contribution in [-0.2, 0) is 4.79 Å². The number of imidazole rings is 1. The number of pyridine rings is 1. The van der Waals surface area contributed by atoms with Gasteiger partial charge < -0.3 is 30.6 Å². The summed E-state index contributed by atoms with van der Waals surface area (Å²) in [7, 11) is 0. The summed E-state index contributed by atoms with van der Waals surface area (Å²) in [6.45, 7) is 4.16. The van der Waals surface area contributed by atoms with E-state index in [0.29, 0.717) is 59.6 Å². The molecule has 5 N–H and O–H groups in total.